The Bertz CT molecular complexity index is 543. The standard InChI is InChI=1S/C12H21N3O2S2/c1-7-4-8(2)6-9(5-7)14-12-10(19(3,16)17)11(13)15-18-12/h7-9,14H,4-6H2,1-3H3,(H2,13,15). The van der Waals surface area contributed by atoms with Crippen LogP contribution in [0.25, 0.3) is 0 Å². The van der Waals surface area contributed by atoms with Crippen LogP contribution in [0, 0.1) is 11.8 Å². The number of hydrogen-bond acceptors (Lipinski definition) is 6. The third-order valence-electron chi connectivity index (χ3n) is 3.56. The van der Waals surface area contributed by atoms with E-state index in [9.17, 15) is 8.42 Å². The van der Waals surface area contributed by atoms with Crippen molar-refractivity contribution in [2.24, 2.45) is 11.8 Å². The molecule has 0 aromatic carbocycles. The summed E-state index contributed by atoms with van der Waals surface area (Å²) >= 11 is 1.13. The number of aromatic nitrogens is 1. The Kier molecular flexibility index (Phi) is 4.06. The van der Waals surface area contributed by atoms with E-state index in [4.69, 9.17) is 5.73 Å². The molecule has 1 heterocycles. The normalized spacial score (nSPS) is 28.3. The van der Waals surface area contributed by atoms with Gasteiger partial charge in [0.25, 0.3) is 0 Å². The molecular formula is C12H21N3O2S2. The summed E-state index contributed by atoms with van der Waals surface area (Å²) in [7, 11) is -3.34. The van der Waals surface area contributed by atoms with Crippen LogP contribution in [0.15, 0.2) is 4.90 Å². The van der Waals surface area contributed by atoms with E-state index in [-0.39, 0.29) is 10.7 Å². The van der Waals surface area contributed by atoms with Crippen molar-refractivity contribution in [3.05, 3.63) is 0 Å². The molecule has 1 aliphatic rings. The number of nitrogens with two attached hydrogens (primary N) is 1. The van der Waals surface area contributed by atoms with Crippen LogP contribution in [0.1, 0.15) is 33.1 Å². The highest BCUT2D eigenvalue weighted by atomic mass is 32.2. The second-order valence-electron chi connectivity index (χ2n) is 5.76. The van der Waals surface area contributed by atoms with Crippen molar-refractivity contribution in [3.8, 4) is 0 Å². The van der Waals surface area contributed by atoms with Crippen molar-refractivity contribution in [3.63, 3.8) is 0 Å². The maximum Gasteiger partial charge on any atom is 0.182 e. The molecule has 1 aliphatic carbocycles. The maximum absolute atomic E-state index is 11.8. The average molecular weight is 303 g/mol. The summed E-state index contributed by atoms with van der Waals surface area (Å²) < 4.78 is 27.5. The molecule has 0 bridgehead atoms. The highest BCUT2D eigenvalue weighted by molar-refractivity contribution is 7.91. The second-order valence-corrected chi connectivity index (χ2v) is 8.48. The highest BCUT2D eigenvalue weighted by Gasteiger charge is 2.27. The van der Waals surface area contributed by atoms with E-state index in [1.807, 2.05) is 0 Å². The Morgan fingerprint density at radius 3 is 2.37 bits per heavy atom. The fourth-order valence-corrected chi connectivity index (χ4v) is 5.13. The summed E-state index contributed by atoms with van der Waals surface area (Å²) in [4.78, 5) is 0.156. The molecule has 1 aromatic rings. The monoisotopic (exact) mass is 303 g/mol. The van der Waals surface area contributed by atoms with Gasteiger partial charge in [0, 0.05) is 12.3 Å². The van der Waals surface area contributed by atoms with Gasteiger partial charge < -0.3 is 11.1 Å². The number of nitrogens with one attached hydrogen (secondary N) is 1. The SMILES string of the molecule is CC1CC(C)CC(Nc2snc(N)c2S(C)(=O)=O)C1. The van der Waals surface area contributed by atoms with Crippen molar-refractivity contribution >= 4 is 32.2 Å². The first-order chi connectivity index (χ1) is 8.77. The van der Waals surface area contributed by atoms with Gasteiger partial charge in [0.2, 0.25) is 0 Å². The fourth-order valence-electron chi connectivity index (χ4n) is 2.99. The lowest BCUT2D eigenvalue weighted by atomic mass is 9.80. The zero-order valence-electron chi connectivity index (χ0n) is 11.5. The van der Waals surface area contributed by atoms with Gasteiger partial charge in [0.1, 0.15) is 9.90 Å². The lowest BCUT2D eigenvalue weighted by Gasteiger charge is -2.32. The molecule has 0 aliphatic heterocycles. The minimum absolute atomic E-state index is 0.104. The fraction of sp³-hybridized carbons (Fsp3) is 0.750. The summed E-state index contributed by atoms with van der Waals surface area (Å²) in [5.41, 5.74) is 5.67. The number of hydrogen-bond donors (Lipinski definition) is 2. The smallest absolute Gasteiger partial charge is 0.182 e. The van der Waals surface area contributed by atoms with E-state index in [1.165, 1.54) is 12.7 Å². The van der Waals surface area contributed by atoms with Gasteiger partial charge in [0.15, 0.2) is 15.7 Å². The van der Waals surface area contributed by atoms with Crippen LogP contribution >= 0.6 is 11.5 Å². The van der Waals surface area contributed by atoms with Crippen molar-refractivity contribution in [1.29, 1.82) is 0 Å². The van der Waals surface area contributed by atoms with Gasteiger partial charge in [-0.2, -0.15) is 4.37 Å². The summed E-state index contributed by atoms with van der Waals surface area (Å²) in [6.45, 7) is 4.48. The third-order valence-corrected chi connectivity index (χ3v) is 5.64. The van der Waals surface area contributed by atoms with Gasteiger partial charge >= 0.3 is 0 Å². The molecule has 5 nitrogen and oxygen atoms in total. The molecule has 2 rings (SSSR count). The Morgan fingerprint density at radius 2 is 1.84 bits per heavy atom. The van der Waals surface area contributed by atoms with Gasteiger partial charge in [-0.3, -0.25) is 0 Å². The minimum Gasteiger partial charge on any atom is -0.382 e. The van der Waals surface area contributed by atoms with Gasteiger partial charge in [-0.05, 0) is 42.6 Å². The average Bonchev–Trinajstić information content (AvgIpc) is 2.57. The van der Waals surface area contributed by atoms with Crippen molar-refractivity contribution in [1.82, 2.24) is 4.37 Å². The van der Waals surface area contributed by atoms with Gasteiger partial charge in [-0.25, -0.2) is 8.42 Å². The van der Waals surface area contributed by atoms with Crippen molar-refractivity contribution in [2.45, 2.75) is 44.0 Å². The molecule has 0 radical (unpaired) electrons. The first-order valence-corrected chi connectivity index (χ1v) is 9.15. The third kappa shape index (κ3) is 3.39. The predicted molar refractivity (Wildman–Crippen MR) is 79.2 cm³/mol. The molecule has 0 saturated heterocycles. The van der Waals surface area contributed by atoms with Crippen molar-refractivity contribution < 1.29 is 8.42 Å². The minimum atomic E-state index is -3.34. The van der Waals surface area contributed by atoms with E-state index in [2.05, 4.69) is 23.5 Å². The van der Waals surface area contributed by atoms with E-state index in [1.54, 1.807) is 0 Å². The molecule has 19 heavy (non-hydrogen) atoms. The van der Waals surface area contributed by atoms with Crippen LogP contribution in [0.4, 0.5) is 10.8 Å². The van der Waals surface area contributed by atoms with Crippen LogP contribution < -0.4 is 11.1 Å². The van der Waals surface area contributed by atoms with Gasteiger partial charge in [0.05, 0.1) is 0 Å². The van der Waals surface area contributed by atoms with Crippen LogP contribution in [-0.4, -0.2) is 25.1 Å². The topological polar surface area (TPSA) is 85.1 Å². The summed E-state index contributed by atoms with van der Waals surface area (Å²) in [5.74, 6) is 1.42. The Balaban J connectivity index is 2.20. The van der Waals surface area contributed by atoms with E-state index < -0.39 is 9.84 Å². The molecule has 2 unspecified atom stereocenters. The van der Waals surface area contributed by atoms with Crippen LogP contribution in [0.5, 0.6) is 0 Å². The predicted octanol–water partition coefficient (Wildman–Crippen LogP) is 2.37. The van der Waals surface area contributed by atoms with Crippen molar-refractivity contribution in [2.75, 3.05) is 17.3 Å². The molecule has 0 amide bonds. The molecule has 3 N–H and O–H groups in total. The molecule has 7 heteroatoms. The zero-order chi connectivity index (χ0) is 14.2. The van der Waals surface area contributed by atoms with Crippen LogP contribution in [0.3, 0.4) is 0 Å². The van der Waals surface area contributed by atoms with Gasteiger partial charge in [-0.15, -0.1) is 0 Å². The summed E-state index contributed by atoms with van der Waals surface area (Å²) in [6.07, 6.45) is 4.53. The largest absolute Gasteiger partial charge is 0.382 e. The quantitative estimate of drug-likeness (QED) is 0.895. The molecule has 1 fully saturated rings. The molecule has 108 valence electrons. The first kappa shape index (κ1) is 14.6. The number of sulfone groups is 1. The van der Waals surface area contributed by atoms with Gasteiger partial charge in [-0.1, -0.05) is 13.8 Å². The maximum atomic E-state index is 11.8. The van der Waals surface area contributed by atoms with E-state index >= 15 is 0 Å². The molecule has 0 spiro atoms. The lowest BCUT2D eigenvalue weighted by Crippen LogP contribution is -2.30. The first-order valence-electron chi connectivity index (χ1n) is 6.49. The molecule has 2 atom stereocenters. The Hall–Kier alpha value is -0.820. The lowest BCUT2D eigenvalue weighted by molar-refractivity contribution is 0.281. The number of anilines is 2. The number of nitrogens with zero attached hydrogens (tertiary/aromatic N) is 1. The molecule has 1 aromatic heterocycles. The molecule has 1 saturated carbocycles. The Morgan fingerprint density at radius 1 is 1.26 bits per heavy atom. The zero-order valence-corrected chi connectivity index (χ0v) is 13.1. The summed E-state index contributed by atoms with van der Waals surface area (Å²) in [5, 5.41) is 3.92. The molecular weight excluding hydrogens is 282 g/mol. The second kappa shape index (κ2) is 5.28. The van der Waals surface area contributed by atoms with Crippen LogP contribution in [0.2, 0.25) is 0 Å². The Labute approximate surface area is 118 Å². The number of rotatable bonds is 3. The highest BCUT2D eigenvalue weighted by Crippen LogP contribution is 2.35. The van der Waals surface area contributed by atoms with Crippen LogP contribution in [-0.2, 0) is 9.84 Å². The number of nitrogen functional groups attached to an aromatic ring is 1. The van der Waals surface area contributed by atoms with E-state index in [0.29, 0.717) is 22.9 Å². The summed E-state index contributed by atoms with van der Waals surface area (Å²) in [6, 6.07) is 0.305. The van der Waals surface area contributed by atoms with E-state index in [0.717, 1.165) is 24.4 Å².